The van der Waals surface area contributed by atoms with Gasteiger partial charge in [0, 0.05) is 5.69 Å². The number of nitrogens with one attached hydrogen (secondary N) is 1. The number of anilines is 2. The summed E-state index contributed by atoms with van der Waals surface area (Å²) < 4.78 is 44.4. The smallest absolute Gasteiger partial charge is 0.247 e. The summed E-state index contributed by atoms with van der Waals surface area (Å²) in [4.78, 5) is 12.7. The molecule has 3 rings (SSSR count). The first-order valence-electron chi connectivity index (χ1n) is 9.13. The van der Waals surface area contributed by atoms with Crippen molar-refractivity contribution in [2.45, 2.75) is 13.0 Å². The molecule has 0 aromatic heterocycles. The molecule has 156 valence electrons. The van der Waals surface area contributed by atoms with E-state index in [1.807, 2.05) is 30.3 Å². The highest BCUT2D eigenvalue weighted by Gasteiger charge is 2.29. The van der Waals surface area contributed by atoms with Gasteiger partial charge in [0.2, 0.25) is 15.9 Å². The predicted molar refractivity (Wildman–Crippen MR) is 115 cm³/mol. The average molecular weight is 428 g/mol. The van der Waals surface area contributed by atoms with Gasteiger partial charge in [0.15, 0.2) is 0 Å². The third-order valence-corrected chi connectivity index (χ3v) is 5.51. The normalized spacial score (nSPS) is 12.1. The largest absolute Gasteiger partial charge is 0.457 e. The molecule has 8 heteroatoms. The third-order valence-electron chi connectivity index (χ3n) is 4.27. The number of hydrogen-bond donors (Lipinski definition) is 1. The van der Waals surface area contributed by atoms with Crippen molar-refractivity contribution in [1.82, 2.24) is 0 Å². The molecule has 0 spiro atoms. The van der Waals surface area contributed by atoms with Crippen LogP contribution in [0, 0.1) is 5.82 Å². The zero-order chi connectivity index (χ0) is 21.7. The van der Waals surface area contributed by atoms with Crippen molar-refractivity contribution in [3.05, 3.63) is 84.7 Å². The van der Waals surface area contributed by atoms with Gasteiger partial charge in [0.25, 0.3) is 0 Å². The van der Waals surface area contributed by atoms with Crippen LogP contribution in [0.1, 0.15) is 6.92 Å². The number of nitrogens with zero attached hydrogens (tertiary/aromatic N) is 1. The molecule has 30 heavy (non-hydrogen) atoms. The lowest BCUT2D eigenvalue weighted by Gasteiger charge is -2.28. The minimum Gasteiger partial charge on any atom is -0.457 e. The summed E-state index contributed by atoms with van der Waals surface area (Å²) >= 11 is 0. The van der Waals surface area contributed by atoms with Crippen LogP contribution in [-0.2, 0) is 14.8 Å². The van der Waals surface area contributed by atoms with Gasteiger partial charge in [-0.15, -0.1) is 0 Å². The lowest BCUT2D eigenvalue weighted by atomic mass is 10.2. The molecule has 0 saturated heterocycles. The number of ether oxygens (including phenoxy) is 1. The first-order chi connectivity index (χ1) is 14.2. The zero-order valence-electron chi connectivity index (χ0n) is 16.4. The zero-order valence-corrected chi connectivity index (χ0v) is 17.3. The fraction of sp³-hybridized carbons (Fsp3) is 0.136. The van der Waals surface area contributed by atoms with E-state index in [0.717, 1.165) is 22.7 Å². The predicted octanol–water partition coefficient (Wildman–Crippen LogP) is 4.41. The van der Waals surface area contributed by atoms with E-state index in [9.17, 15) is 17.6 Å². The van der Waals surface area contributed by atoms with Crippen molar-refractivity contribution in [2.75, 3.05) is 15.9 Å². The first-order valence-corrected chi connectivity index (χ1v) is 11.0. The summed E-state index contributed by atoms with van der Waals surface area (Å²) in [6, 6.07) is 19.8. The van der Waals surface area contributed by atoms with Crippen LogP contribution in [0.15, 0.2) is 78.9 Å². The summed E-state index contributed by atoms with van der Waals surface area (Å²) in [5, 5.41) is 2.69. The quantitative estimate of drug-likeness (QED) is 0.605. The Morgan fingerprint density at radius 1 is 0.933 bits per heavy atom. The van der Waals surface area contributed by atoms with Crippen molar-refractivity contribution in [2.24, 2.45) is 0 Å². The topological polar surface area (TPSA) is 75.7 Å². The SMILES string of the molecule is C[C@@H](C(=O)Nc1ccc(Oc2ccccc2)cc1)N(c1ccc(F)cc1)S(C)(=O)=O. The number of hydrogen-bond acceptors (Lipinski definition) is 4. The second-order valence-corrected chi connectivity index (χ2v) is 8.50. The van der Waals surface area contributed by atoms with Crippen LogP contribution in [0.3, 0.4) is 0 Å². The molecule has 1 N–H and O–H groups in total. The summed E-state index contributed by atoms with van der Waals surface area (Å²) in [6.45, 7) is 1.46. The molecule has 1 amide bonds. The van der Waals surface area contributed by atoms with Gasteiger partial charge in [-0.25, -0.2) is 12.8 Å². The van der Waals surface area contributed by atoms with Gasteiger partial charge < -0.3 is 10.1 Å². The second-order valence-electron chi connectivity index (χ2n) is 6.64. The number of rotatable bonds is 7. The van der Waals surface area contributed by atoms with Crippen molar-refractivity contribution in [3.63, 3.8) is 0 Å². The number of sulfonamides is 1. The summed E-state index contributed by atoms with van der Waals surface area (Å²) in [6.07, 6.45) is 0.996. The van der Waals surface area contributed by atoms with Crippen LogP contribution in [-0.4, -0.2) is 26.6 Å². The standard InChI is InChI=1S/C22H21FN2O4S/c1-16(25(30(2,27)28)19-12-8-17(23)9-13-19)22(26)24-18-10-14-21(15-11-18)29-20-6-4-3-5-7-20/h3-16H,1-2H3,(H,24,26)/t16-/m0/s1. The van der Waals surface area contributed by atoms with E-state index in [1.165, 1.54) is 19.1 Å². The van der Waals surface area contributed by atoms with E-state index in [-0.39, 0.29) is 5.69 Å². The van der Waals surface area contributed by atoms with Crippen LogP contribution in [0.2, 0.25) is 0 Å². The number of amides is 1. The summed E-state index contributed by atoms with van der Waals surface area (Å²) in [5.41, 5.74) is 0.688. The molecular formula is C22H21FN2O4S. The Morgan fingerprint density at radius 3 is 2.07 bits per heavy atom. The lowest BCUT2D eigenvalue weighted by Crippen LogP contribution is -2.45. The fourth-order valence-corrected chi connectivity index (χ4v) is 4.05. The molecule has 0 aliphatic rings. The highest BCUT2D eigenvalue weighted by molar-refractivity contribution is 7.92. The Kier molecular flexibility index (Phi) is 6.37. The van der Waals surface area contributed by atoms with Crippen LogP contribution in [0.5, 0.6) is 11.5 Å². The highest BCUT2D eigenvalue weighted by Crippen LogP contribution is 2.24. The number of para-hydroxylation sites is 1. The molecule has 0 aliphatic heterocycles. The van der Waals surface area contributed by atoms with Gasteiger partial charge in [-0.2, -0.15) is 0 Å². The van der Waals surface area contributed by atoms with Gasteiger partial charge in [0.05, 0.1) is 11.9 Å². The number of carbonyl (C=O) groups excluding carboxylic acids is 1. The average Bonchev–Trinajstić information content (AvgIpc) is 2.71. The Bertz CT molecular complexity index is 1100. The molecule has 0 radical (unpaired) electrons. The van der Waals surface area contributed by atoms with Crippen molar-refractivity contribution < 1.29 is 22.3 Å². The van der Waals surface area contributed by atoms with Gasteiger partial charge in [-0.05, 0) is 67.6 Å². The lowest BCUT2D eigenvalue weighted by molar-refractivity contribution is -0.116. The van der Waals surface area contributed by atoms with Crippen molar-refractivity contribution in [1.29, 1.82) is 0 Å². The molecule has 0 aliphatic carbocycles. The van der Waals surface area contributed by atoms with E-state index in [1.54, 1.807) is 24.3 Å². The maximum absolute atomic E-state index is 13.2. The maximum atomic E-state index is 13.2. The molecule has 0 heterocycles. The Morgan fingerprint density at radius 2 is 1.50 bits per heavy atom. The van der Waals surface area contributed by atoms with Gasteiger partial charge in [-0.3, -0.25) is 9.10 Å². The van der Waals surface area contributed by atoms with Crippen LogP contribution < -0.4 is 14.4 Å². The van der Waals surface area contributed by atoms with E-state index >= 15 is 0 Å². The number of carbonyl (C=O) groups is 1. The van der Waals surface area contributed by atoms with Crippen LogP contribution >= 0.6 is 0 Å². The molecule has 0 fully saturated rings. The number of halogens is 1. The second kappa shape index (κ2) is 8.96. The highest BCUT2D eigenvalue weighted by atomic mass is 32.2. The van der Waals surface area contributed by atoms with E-state index in [4.69, 9.17) is 4.74 Å². The molecule has 0 unspecified atom stereocenters. The minimum atomic E-state index is -3.78. The molecule has 3 aromatic rings. The maximum Gasteiger partial charge on any atom is 0.247 e. The Labute approximate surface area is 175 Å². The molecule has 0 saturated carbocycles. The summed E-state index contributed by atoms with van der Waals surface area (Å²) in [7, 11) is -3.78. The molecule has 0 bridgehead atoms. The van der Waals surface area contributed by atoms with Gasteiger partial charge in [0.1, 0.15) is 23.4 Å². The van der Waals surface area contributed by atoms with E-state index in [0.29, 0.717) is 17.2 Å². The summed E-state index contributed by atoms with van der Waals surface area (Å²) in [5.74, 6) is 0.255. The van der Waals surface area contributed by atoms with Gasteiger partial charge >= 0.3 is 0 Å². The first kappa shape index (κ1) is 21.3. The minimum absolute atomic E-state index is 0.202. The molecular weight excluding hydrogens is 407 g/mol. The number of benzene rings is 3. The Hall–Kier alpha value is -3.39. The van der Waals surface area contributed by atoms with E-state index in [2.05, 4.69) is 5.32 Å². The third kappa shape index (κ3) is 5.36. The van der Waals surface area contributed by atoms with E-state index < -0.39 is 27.8 Å². The van der Waals surface area contributed by atoms with Gasteiger partial charge in [-0.1, -0.05) is 18.2 Å². The van der Waals surface area contributed by atoms with Crippen molar-refractivity contribution >= 4 is 27.3 Å². The molecule has 6 nitrogen and oxygen atoms in total. The molecule has 1 atom stereocenters. The Balaban J connectivity index is 1.72. The fourth-order valence-electron chi connectivity index (χ4n) is 2.87. The monoisotopic (exact) mass is 428 g/mol. The molecule has 3 aromatic carbocycles. The van der Waals surface area contributed by atoms with Crippen LogP contribution in [0.25, 0.3) is 0 Å². The van der Waals surface area contributed by atoms with Crippen LogP contribution in [0.4, 0.5) is 15.8 Å². The van der Waals surface area contributed by atoms with Crippen molar-refractivity contribution in [3.8, 4) is 11.5 Å².